The molecule has 1 aromatic rings. The Kier molecular flexibility index (Phi) is 30.2. The van der Waals surface area contributed by atoms with E-state index in [0.29, 0.717) is 144 Å². The first kappa shape index (κ1) is 44.1. The van der Waals surface area contributed by atoms with Crippen molar-refractivity contribution in [2.75, 3.05) is 137 Å². The van der Waals surface area contributed by atoms with E-state index in [1.54, 1.807) is 24.3 Å². The second-order valence-corrected chi connectivity index (χ2v) is 10.2. The summed E-state index contributed by atoms with van der Waals surface area (Å²) in [6.45, 7) is 10.8. The number of hydrogen-bond acceptors (Lipinski definition) is 13. The summed E-state index contributed by atoms with van der Waals surface area (Å²) in [5, 5.41) is 13.9. The molecule has 0 saturated carbocycles. The van der Waals surface area contributed by atoms with E-state index in [4.69, 9.17) is 52.5 Å². The maximum atomic E-state index is 11.4. The zero-order valence-electron chi connectivity index (χ0n) is 28.8. The van der Waals surface area contributed by atoms with Crippen LogP contribution in [0.15, 0.2) is 24.3 Å². The zero-order chi connectivity index (χ0) is 35.5. The Balaban J connectivity index is 1.67. The number of anilines is 1. The molecule has 0 atom stereocenters. The molecule has 3 N–H and O–H groups in total. The van der Waals surface area contributed by atoms with Gasteiger partial charge in [-0.15, -0.1) is 0 Å². The Morgan fingerprint density at radius 2 is 0.898 bits per heavy atom. The van der Waals surface area contributed by atoms with Crippen LogP contribution >= 0.6 is 0 Å². The van der Waals surface area contributed by atoms with Crippen LogP contribution < -0.4 is 15.4 Å². The summed E-state index contributed by atoms with van der Waals surface area (Å²) in [5.74, 6) is -0.661. The van der Waals surface area contributed by atoms with Gasteiger partial charge in [0.2, 0.25) is 11.8 Å². The van der Waals surface area contributed by atoms with Crippen LogP contribution in [0.4, 0.5) is 5.69 Å². The van der Waals surface area contributed by atoms with Crippen LogP contribution in [0.1, 0.15) is 26.2 Å². The van der Waals surface area contributed by atoms with E-state index in [9.17, 15) is 14.4 Å². The molecular weight excluding hydrogens is 648 g/mol. The molecule has 49 heavy (non-hydrogen) atoms. The number of nitrogens with one attached hydrogen (secondary N) is 2. The van der Waals surface area contributed by atoms with Crippen LogP contribution in [0.2, 0.25) is 0 Å². The van der Waals surface area contributed by atoms with Gasteiger partial charge in [0.1, 0.15) is 12.4 Å². The number of benzene rings is 1. The van der Waals surface area contributed by atoms with Crippen molar-refractivity contribution in [1.29, 1.82) is 0 Å². The molecule has 0 saturated heterocycles. The number of carboxylic acid groups (broad SMARTS) is 1. The van der Waals surface area contributed by atoms with Gasteiger partial charge in [0, 0.05) is 32.2 Å². The fraction of sp³-hybridized carbons (Fsp3) is 0.727. The molecular formula is C33H56N2O14. The topological polar surface area (TPSA) is 188 Å². The van der Waals surface area contributed by atoms with Gasteiger partial charge < -0.3 is 63.1 Å². The lowest BCUT2D eigenvalue weighted by atomic mass is 10.3. The summed E-state index contributed by atoms with van der Waals surface area (Å²) < 4.78 is 54.7. The predicted octanol–water partition coefficient (Wildman–Crippen LogP) is 1.54. The first-order valence-corrected chi connectivity index (χ1v) is 16.7. The normalized spacial score (nSPS) is 11.0. The van der Waals surface area contributed by atoms with Crippen molar-refractivity contribution in [3.05, 3.63) is 24.3 Å². The second-order valence-electron chi connectivity index (χ2n) is 10.2. The minimum absolute atomic E-state index is 0.0132. The van der Waals surface area contributed by atoms with Crippen LogP contribution in [0.3, 0.4) is 0 Å². The van der Waals surface area contributed by atoms with E-state index in [2.05, 4.69) is 10.6 Å². The minimum atomic E-state index is -0.985. The third-order valence-corrected chi connectivity index (χ3v) is 6.00. The number of ether oxygens (including phenoxy) is 10. The molecule has 0 aliphatic carbocycles. The van der Waals surface area contributed by atoms with Gasteiger partial charge in [0.15, 0.2) is 0 Å². The third kappa shape index (κ3) is 32.1. The zero-order valence-corrected chi connectivity index (χ0v) is 28.8. The van der Waals surface area contributed by atoms with Crippen molar-refractivity contribution >= 4 is 23.5 Å². The molecule has 0 aliphatic rings. The summed E-state index contributed by atoms with van der Waals surface area (Å²) in [4.78, 5) is 32.8. The third-order valence-electron chi connectivity index (χ3n) is 6.00. The number of rotatable bonds is 36. The molecule has 0 aliphatic heterocycles. The summed E-state index contributed by atoms with van der Waals surface area (Å²) in [6, 6.07) is 7.15. The molecule has 0 radical (unpaired) electrons. The molecule has 0 heterocycles. The Hall–Kier alpha value is -2.93. The van der Waals surface area contributed by atoms with Crippen molar-refractivity contribution in [2.45, 2.75) is 26.2 Å². The number of hydrogen-bond donors (Lipinski definition) is 3. The van der Waals surface area contributed by atoms with Crippen LogP contribution in [0.25, 0.3) is 0 Å². The highest BCUT2D eigenvalue weighted by atomic mass is 16.6. The van der Waals surface area contributed by atoms with Gasteiger partial charge >= 0.3 is 5.97 Å². The number of amides is 2. The summed E-state index contributed by atoms with van der Waals surface area (Å²) in [7, 11) is 0. The van der Waals surface area contributed by atoms with Crippen LogP contribution in [0.5, 0.6) is 5.75 Å². The van der Waals surface area contributed by atoms with Crippen LogP contribution in [-0.2, 0) is 57.0 Å². The van der Waals surface area contributed by atoms with Gasteiger partial charge in [-0.25, -0.2) is 0 Å². The SMILES string of the molecule is CC(=O)Nc1ccc(OCCOCCOCCOCCOCCOCCOCCOCCOCCOCCCNC(=O)CCC(=O)O)cc1. The first-order valence-electron chi connectivity index (χ1n) is 16.7. The molecule has 1 rings (SSSR count). The van der Waals surface area contributed by atoms with E-state index in [1.165, 1.54) is 6.92 Å². The van der Waals surface area contributed by atoms with E-state index < -0.39 is 5.97 Å². The Morgan fingerprint density at radius 3 is 1.27 bits per heavy atom. The van der Waals surface area contributed by atoms with E-state index in [0.717, 1.165) is 5.69 Å². The number of carbonyl (C=O) groups excluding carboxylic acids is 2. The fourth-order valence-electron chi connectivity index (χ4n) is 3.63. The molecule has 0 fully saturated rings. The van der Waals surface area contributed by atoms with Gasteiger partial charge in [0.25, 0.3) is 0 Å². The average molecular weight is 705 g/mol. The quantitative estimate of drug-likeness (QED) is 0.0854. The lowest BCUT2D eigenvalue weighted by molar-refractivity contribution is -0.138. The highest BCUT2D eigenvalue weighted by Crippen LogP contribution is 2.15. The van der Waals surface area contributed by atoms with Crippen molar-refractivity contribution in [2.24, 2.45) is 0 Å². The Morgan fingerprint density at radius 1 is 0.531 bits per heavy atom. The highest BCUT2D eigenvalue weighted by Gasteiger charge is 2.04. The average Bonchev–Trinajstić information content (AvgIpc) is 3.08. The molecule has 2 amide bonds. The summed E-state index contributed by atoms with van der Waals surface area (Å²) in [5.41, 5.74) is 0.725. The van der Waals surface area contributed by atoms with Gasteiger partial charge in [-0.1, -0.05) is 0 Å². The van der Waals surface area contributed by atoms with Crippen molar-refractivity contribution in [3.8, 4) is 5.75 Å². The largest absolute Gasteiger partial charge is 0.491 e. The van der Waals surface area contributed by atoms with Gasteiger partial charge in [-0.05, 0) is 30.7 Å². The van der Waals surface area contributed by atoms with Gasteiger partial charge in [0.05, 0.1) is 119 Å². The Bertz CT molecular complexity index is 938. The van der Waals surface area contributed by atoms with Crippen LogP contribution in [-0.4, -0.2) is 155 Å². The fourth-order valence-corrected chi connectivity index (χ4v) is 3.63. The maximum Gasteiger partial charge on any atom is 0.303 e. The molecule has 0 spiro atoms. The van der Waals surface area contributed by atoms with Crippen molar-refractivity contribution < 1.29 is 66.9 Å². The first-order chi connectivity index (χ1) is 24.0. The summed E-state index contributed by atoms with van der Waals surface area (Å²) >= 11 is 0. The molecule has 16 nitrogen and oxygen atoms in total. The van der Waals surface area contributed by atoms with Crippen molar-refractivity contribution in [3.63, 3.8) is 0 Å². The smallest absolute Gasteiger partial charge is 0.303 e. The monoisotopic (exact) mass is 704 g/mol. The lowest BCUT2D eigenvalue weighted by Crippen LogP contribution is -2.25. The minimum Gasteiger partial charge on any atom is -0.491 e. The Labute approximate surface area is 289 Å². The van der Waals surface area contributed by atoms with Gasteiger partial charge in [-0.2, -0.15) is 0 Å². The van der Waals surface area contributed by atoms with Crippen molar-refractivity contribution in [1.82, 2.24) is 5.32 Å². The molecule has 0 unspecified atom stereocenters. The lowest BCUT2D eigenvalue weighted by Gasteiger charge is -2.09. The summed E-state index contributed by atoms with van der Waals surface area (Å²) in [6.07, 6.45) is 0.468. The number of aliphatic carboxylic acids is 1. The highest BCUT2D eigenvalue weighted by molar-refractivity contribution is 5.88. The van der Waals surface area contributed by atoms with Crippen LogP contribution in [0, 0.1) is 0 Å². The van der Waals surface area contributed by atoms with E-state index in [1.807, 2.05) is 0 Å². The molecule has 16 heteroatoms. The number of carboxylic acids is 1. The molecule has 0 bridgehead atoms. The van der Waals surface area contributed by atoms with E-state index in [-0.39, 0.29) is 24.7 Å². The van der Waals surface area contributed by atoms with Gasteiger partial charge in [-0.3, -0.25) is 14.4 Å². The standard InChI is InChI=1S/C33H56N2O14/c1-29(36)35-30-3-5-31(6-4-30)49-28-27-48-26-25-47-24-23-46-22-21-45-20-19-44-18-17-43-16-15-42-14-13-41-12-11-40-10-2-9-34-32(37)7-8-33(38)39/h3-6H,2,7-28H2,1H3,(H,34,37)(H,35,36)(H,38,39). The maximum absolute atomic E-state index is 11.4. The predicted molar refractivity (Wildman–Crippen MR) is 178 cm³/mol. The molecule has 282 valence electrons. The second kappa shape index (κ2) is 33.6. The number of carbonyl (C=O) groups is 3. The van der Waals surface area contributed by atoms with E-state index >= 15 is 0 Å². The molecule has 1 aromatic carbocycles. The molecule has 0 aromatic heterocycles.